The van der Waals surface area contributed by atoms with Gasteiger partial charge in [-0.25, -0.2) is 0 Å². The summed E-state index contributed by atoms with van der Waals surface area (Å²) in [4.78, 5) is 0. The summed E-state index contributed by atoms with van der Waals surface area (Å²) in [6.07, 6.45) is 0. The van der Waals surface area contributed by atoms with Crippen LogP contribution in [-0.4, -0.2) is 0 Å². The minimum atomic E-state index is -0.716. The van der Waals surface area contributed by atoms with Gasteiger partial charge in [0.05, 0.1) is 17.8 Å². The lowest BCUT2D eigenvalue weighted by Gasteiger charge is -2.19. The van der Waals surface area contributed by atoms with E-state index in [2.05, 4.69) is 0 Å². The topological polar surface area (TPSA) is 13.1 Å². The first kappa shape index (κ1) is 13.3. The molecule has 0 spiro atoms. The summed E-state index contributed by atoms with van der Waals surface area (Å²) in [5, 5.41) is 4.10. The van der Waals surface area contributed by atoms with Crippen LogP contribution in [-0.2, 0) is 0 Å². The third-order valence-corrected chi connectivity index (χ3v) is 7.76. The molecule has 0 N–H and O–H groups in total. The second kappa shape index (κ2) is 8.55. The maximum Gasteiger partial charge on any atom is 0.136 e. The van der Waals surface area contributed by atoms with Crippen molar-refractivity contribution in [3.05, 3.63) is 145 Å². The van der Waals surface area contributed by atoms with E-state index in [0.29, 0.717) is 22.1 Å². The molecule has 190 valence electrons. The lowest BCUT2D eigenvalue weighted by Crippen LogP contribution is -1.91. The smallest absolute Gasteiger partial charge is 0.136 e. The summed E-state index contributed by atoms with van der Waals surface area (Å²) in [7, 11) is 0. The highest BCUT2D eigenvalue weighted by molar-refractivity contribution is 6.30. The lowest BCUT2D eigenvalue weighted by molar-refractivity contribution is 0.669. The van der Waals surface area contributed by atoms with Gasteiger partial charge in [-0.1, -0.05) is 133 Å². The van der Waals surface area contributed by atoms with E-state index in [0.717, 1.165) is 26.9 Å². The second-order valence-electron chi connectivity index (χ2n) is 9.85. The molecule has 1 nitrogen and oxygen atoms in total. The van der Waals surface area contributed by atoms with Gasteiger partial charge in [-0.15, -0.1) is 0 Å². The predicted octanol–water partition coefficient (Wildman–Crippen LogP) is 11.5. The fraction of sp³-hybridized carbons (Fsp3) is 0. The summed E-state index contributed by atoms with van der Waals surface area (Å²) in [5.41, 5.74) is 0.647. The number of hydrogen-bond donors (Lipinski definition) is 0. The molecule has 0 saturated carbocycles. The maximum atomic E-state index is 9.34. The Bertz CT molecular complexity index is 3090. The van der Waals surface area contributed by atoms with Crippen molar-refractivity contribution in [3.63, 3.8) is 0 Å². The zero-order valence-electron chi connectivity index (χ0n) is 34.3. The van der Waals surface area contributed by atoms with Crippen LogP contribution in [0, 0.1) is 0 Å². The van der Waals surface area contributed by atoms with E-state index >= 15 is 0 Å². The van der Waals surface area contributed by atoms with Crippen molar-refractivity contribution in [1.29, 1.82) is 0 Å². The molecule has 9 rings (SSSR count). The van der Waals surface area contributed by atoms with E-state index in [1.54, 1.807) is 12.1 Å². The van der Waals surface area contributed by atoms with Gasteiger partial charge in [-0.2, -0.15) is 0 Å². The van der Waals surface area contributed by atoms with E-state index in [1.807, 2.05) is 54.6 Å². The van der Waals surface area contributed by atoms with Crippen molar-refractivity contribution in [1.82, 2.24) is 0 Å². The number of furan rings is 1. The molecule has 1 heterocycles. The van der Waals surface area contributed by atoms with Gasteiger partial charge in [0, 0.05) is 10.8 Å². The molecular weight excluding hydrogens is 496 g/mol. The summed E-state index contributed by atoms with van der Waals surface area (Å²) >= 11 is 0. The molecular formula is C40H24O. The minimum absolute atomic E-state index is 0.0542. The molecule has 0 aliphatic rings. The van der Waals surface area contributed by atoms with Crippen LogP contribution in [0.4, 0.5) is 0 Å². The molecule has 1 aromatic heterocycles. The molecule has 0 radical (unpaired) electrons. The van der Waals surface area contributed by atoms with Crippen LogP contribution in [0.15, 0.2) is 150 Å². The Hall–Kier alpha value is -5.40. The fourth-order valence-electron chi connectivity index (χ4n) is 6.13. The SMILES string of the molecule is [2H]c1c([2H])c([2H])c(-c2c3c([2H])c([2H])c([2H])c([2H])c3c(-c3cc4oc5ccc6ccccc6c5c4c4ccccc34)c3c([2H])c([2H])c([2H])c([2H])c23)c([2H])c1[2H]. The highest BCUT2D eigenvalue weighted by Crippen LogP contribution is 2.48. The molecule has 0 aliphatic carbocycles. The van der Waals surface area contributed by atoms with E-state index in [4.69, 9.17) is 16.8 Å². The number of benzene rings is 8. The van der Waals surface area contributed by atoms with Gasteiger partial charge in [0.15, 0.2) is 0 Å². The van der Waals surface area contributed by atoms with E-state index in [9.17, 15) is 5.48 Å². The first-order valence-corrected chi connectivity index (χ1v) is 13.1. The summed E-state index contributed by atoms with van der Waals surface area (Å²) in [6, 6.07) is 12.4. The monoisotopic (exact) mass is 533 g/mol. The molecule has 9 aromatic rings. The summed E-state index contributed by atoms with van der Waals surface area (Å²) < 4.78 is 122. The first-order chi connectivity index (χ1) is 25.8. The molecule has 0 bridgehead atoms. The van der Waals surface area contributed by atoms with Gasteiger partial charge in [0.2, 0.25) is 0 Å². The van der Waals surface area contributed by atoms with Crippen LogP contribution in [0.3, 0.4) is 0 Å². The Morgan fingerprint density at radius 2 is 1.00 bits per heavy atom. The molecule has 41 heavy (non-hydrogen) atoms. The Labute approximate surface area is 255 Å². The van der Waals surface area contributed by atoms with Crippen LogP contribution in [0.25, 0.3) is 87.3 Å². The number of rotatable bonds is 2. The highest BCUT2D eigenvalue weighted by Gasteiger charge is 2.21. The number of fused-ring (bicyclic) bond motifs is 9. The molecule has 0 fully saturated rings. The molecule has 0 aliphatic heterocycles. The largest absolute Gasteiger partial charge is 0.456 e. The van der Waals surface area contributed by atoms with E-state index < -0.39 is 84.1 Å². The zero-order valence-corrected chi connectivity index (χ0v) is 21.3. The Morgan fingerprint density at radius 3 is 1.71 bits per heavy atom. The third-order valence-electron chi connectivity index (χ3n) is 7.76. The average molecular weight is 534 g/mol. The standard InChI is InChI=1S/C40H24O/c1-2-13-26(14-3-1)37-30-18-8-10-20-32(30)38(33-21-11-9-19-31(33)37)34-24-36-40(29-17-7-6-16-28(29)34)39-27-15-5-4-12-25(27)22-23-35(39)41-36/h1-24H/i1D,2D,3D,8D,9D,10D,11D,13D,14D,18D,19D,20D,21D. The van der Waals surface area contributed by atoms with Crippen molar-refractivity contribution in [3.8, 4) is 22.3 Å². The lowest BCUT2D eigenvalue weighted by atomic mass is 9.84. The molecule has 0 atom stereocenters. The predicted molar refractivity (Wildman–Crippen MR) is 175 cm³/mol. The van der Waals surface area contributed by atoms with Crippen molar-refractivity contribution >= 4 is 65.0 Å². The van der Waals surface area contributed by atoms with Crippen LogP contribution in [0.5, 0.6) is 0 Å². The molecule has 0 amide bonds. The average Bonchev–Trinajstić information content (AvgIpc) is 3.57. The Kier molecular flexibility index (Phi) is 2.77. The zero-order chi connectivity index (χ0) is 38.2. The van der Waals surface area contributed by atoms with Crippen LogP contribution in [0.2, 0.25) is 0 Å². The van der Waals surface area contributed by atoms with Gasteiger partial charge in [0.25, 0.3) is 0 Å². The van der Waals surface area contributed by atoms with Crippen LogP contribution in [0.1, 0.15) is 17.8 Å². The van der Waals surface area contributed by atoms with Gasteiger partial charge in [-0.05, 0) is 77.5 Å². The Balaban J connectivity index is 1.62. The highest BCUT2D eigenvalue weighted by atomic mass is 16.3. The molecule has 8 aromatic carbocycles. The molecule has 0 saturated heterocycles. The van der Waals surface area contributed by atoms with Gasteiger partial charge < -0.3 is 4.42 Å². The van der Waals surface area contributed by atoms with Gasteiger partial charge in [0.1, 0.15) is 11.2 Å². The van der Waals surface area contributed by atoms with Gasteiger partial charge >= 0.3 is 0 Å². The summed E-state index contributed by atoms with van der Waals surface area (Å²) in [5.74, 6) is 0. The third kappa shape index (κ3) is 3.18. The Morgan fingerprint density at radius 1 is 0.439 bits per heavy atom. The van der Waals surface area contributed by atoms with Crippen molar-refractivity contribution < 1.29 is 22.2 Å². The first-order valence-electron chi connectivity index (χ1n) is 19.6. The van der Waals surface area contributed by atoms with Crippen molar-refractivity contribution in [2.75, 3.05) is 0 Å². The van der Waals surface area contributed by atoms with Gasteiger partial charge in [-0.3, -0.25) is 0 Å². The maximum absolute atomic E-state index is 9.34. The second-order valence-corrected chi connectivity index (χ2v) is 9.85. The van der Waals surface area contributed by atoms with Crippen LogP contribution < -0.4 is 0 Å². The molecule has 0 unspecified atom stereocenters. The van der Waals surface area contributed by atoms with E-state index in [-0.39, 0.29) is 32.7 Å². The number of hydrogen-bond acceptors (Lipinski definition) is 1. The normalized spacial score (nSPS) is 16.3. The van der Waals surface area contributed by atoms with E-state index in [1.165, 1.54) is 0 Å². The summed E-state index contributed by atoms with van der Waals surface area (Å²) in [6.45, 7) is 0. The van der Waals surface area contributed by atoms with Crippen molar-refractivity contribution in [2.24, 2.45) is 0 Å². The van der Waals surface area contributed by atoms with Crippen molar-refractivity contribution in [2.45, 2.75) is 0 Å². The van der Waals surface area contributed by atoms with Crippen LogP contribution >= 0.6 is 0 Å². The fourth-order valence-corrected chi connectivity index (χ4v) is 6.13. The minimum Gasteiger partial charge on any atom is -0.456 e. The quantitative estimate of drug-likeness (QED) is 0.201. The molecule has 1 heteroatoms.